The van der Waals surface area contributed by atoms with Crippen molar-refractivity contribution in [1.82, 2.24) is 4.90 Å². The summed E-state index contributed by atoms with van der Waals surface area (Å²) in [5.41, 5.74) is 0. The van der Waals surface area contributed by atoms with E-state index in [1.807, 2.05) is 0 Å². The van der Waals surface area contributed by atoms with Crippen LogP contribution >= 0.6 is 0 Å². The molecule has 4 aliphatic rings. The van der Waals surface area contributed by atoms with E-state index in [0.717, 1.165) is 47.7 Å². The summed E-state index contributed by atoms with van der Waals surface area (Å²) in [6.45, 7) is 7.60. The summed E-state index contributed by atoms with van der Waals surface area (Å²) in [5.74, 6) is 4.99. The molecule has 150 valence electrons. The number of fused-ring (bicyclic) bond motifs is 1. The average molecular weight is 360 g/mol. The summed E-state index contributed by atoms with van der Waals surface area (Å²) >= 11 is 0. The first kappa shape index (κ1) is 19.3. The predicted octanol–water partition coefficient (Wildman–Crippen LogP) is 7.05. The first-order chi connectivity index (χ1) is 12.6. The van der Waals surface area contributed by atoms with Crippen LogP contribution in [0.15, 0.2) is 0 Å². The second-order valence-corrected chi connectivity index (χ2v) is 11.0. The minimum absolute atomic E-state index is 0.915. The van der Waals surface area contributed by atoms with E-state index in [1.165, 1.54) is 70.6 Å². The van der Waals surface area contributed by atoms with Gasteiger partial charge in [0, 0.05) is 18.1 Å². The Hall–Kier alpha value is -0.0400. The van der Waals surface area contributed by atoms with Crippen molar-refractivity contribution < 1.29 is 0 Å². The van der Waals surface area contributed by atoms with Gasteiger partial charge in [0.15, 0.2) is 0 Å². The van der Waals surface area contributed by atoms with Crippen molar-refractivity contribution in [3.8, 4) is 0 Å². The second-order valence-electron chi connectivity index (χ2n) is 11.0. The molecule has 1 nitrogen and oxygen atoms in total. The molecule has 4 fully saturated rings. The highest BCUT2D eigenvalue weighted by molar-refractivity contribution is 4.99. The van der Waals surface area contributed by atoms with Crippen LogP contribution in [0.1, 0.15) is 111 Å². The molecule has 0 aromatic rings. The van der Waals surface area contributed by atoms with Crippen molar-refractivity contribution >= 4 is 0 Å². The van der Waals surface area contributed by atoms with Gasteiger partial charge in [-0.15, -0.1) is 0 Å². The highest BCUT2D eigenvalue weighted by atomic mass is 15.2. The van der Waals surface area contributed by atoms with Crippen molar-refractivity contribution in [2.75, 3.05) is 0 Å². The van der Waals surface area contributed by atoms with Crippen molar-refractivity contribution in [2.24, 2.45) is 29.6 Å². The summed E-state index contributed by atoms with van der Waals surface area (Å²) < 4.78 is 0. The van der Waals surface area contributed by atoms with E-state index in [-0.39, 0.29) is 0 Å². The highest BCUT2D eigenvalue weighted by Gasteiger charge is 2.46. The van der Waals surface area contributed by atoms with Gasteiger partial charge in [-0.2, -0.15) is 0 Å². The van der Waals surface area contributed by atoms with Crippen LogP contribution in [0.5, 0.6) is 0 Å². The molecule has 4 aliphatic carbocycles. The van der Waals surface area contributed by atoms with Gasteiger partial charge in [-0.1, -0.05) is 40.0 Å². The monoisotopic (exact) mass is 359 g/mol. The fraction of sp³-hybridized carbons (Fsp3) is 1.00. The van der Waals surface area contributed by atoms with Crippen LogP contribution in [0.4, 0.5) is 0 Å². The van der Waals surface area contributed by atoms with Crippen LogP contribution < -0.4 is 0 Å². The van der Waals surface area contributed by atoms with E-state index >= 15 is 0 Å². The third kappa shape index (κ3) is 4.03. The van der Waals surface area contributed by atoms with Gasteiger partial charge >= 0.3 is 0 Å². The molecule has 0 aliphatic heterocycles. The maximum absolute atomic E-state index is 3.23. The molecule has 0 radical (unpaired) electrons. The van der Waals surface area contributed by atoms with Crippen LogP contribution in [0.3, 0.4) is 0 Å². The summed E-state index contributed by atoms with van der Waals surface area (Å²) in [6, 6.07) is 2.75. The third-order valence-electron chi connectivity index (χ3n) is 9.14. The third-order valence-corrected chi connectivity index (χ3v) is 9.14. The lowest BCUT2D eigenvalue weighted by Gasteiger charge is -2.55. The van der Waals surface area contributed by atoms with Crippen molar-refractivity contribution in [2.45, 2.75) is 129 Å². The second kappa shape index (κ2) is 8.54. The maximum Gasteiger partial charge on any atom is 0.0158 e. The van der Waals surface area contributed by atoms with E-state index in [9.17, 15) is 0 Å². The molecular weight excluding hydrogens is 314 g/mol. The van der Waals surface area contributed by atoms with E-state index in [1.54, 1.807) is 19.3 Å². The number of nitrogens with zero attached hydrogens (tertiary/aromatic N) is 1. The lowest BCUT2D eigenvalue weighted by atomic mass is 9.63. The number of hydrogen-bond donors (Lipinski definition) is 0. The molecule has 0 saturated heterocycles. The lowest BCUT2D eigenvalue weighted by molar-refractivity contribution is -0.0610. The molecule has 26 heavy (non-hydrogen) atoms. The van der Waals surface area contributed by atoms with Gasteiger partial charge in [-0.05, 0) is 100 Å². The van der Waals surface area contributed by atoms with Crippen LogP contribution in [0.25, 0.3) is 0 Å². The fourth-order valence-corrected chi connectivity index (χ4v) is 7.50. The van der Waals surface area contributed by atoms with Gasteiger partial charge in [0.1, 0.15) is 0 Å². The first-order valence-electron chi connectivity index (χ1n) is 12.4. The van der Waals surface area contributed by atoms with E-state index in [4.69, 9.17) is 0 Å². The Morgan fingerprint density at radius 2 is 1.08 bits per heavy atom. The van der Waals surface area contributed by atoms with Crippen LogP contribution in [0, 0.1) is 29.6 Å². The average Bonchev–Trinajstić information content (AvgIpc) is 2.66. The maximum atomic E-state index is 3.23. The topological polar surface area (TPSA) is 3.24 Å². The van der Waals surface area contributed by atoms with Crippen LogP contribution in [0.2, 0.25) is 0 Å². The fourth-order valence-electron chi connectivity index (χ4n) is 7.50. The first-order valence-corrected chi connectivity index (χ1v) is 12.4. The Morgan fingerprint density at radius 1 is 0.538 bits per heavy atom. The number of rotatable bonds is 3. The quantitative estimate of drug-likeness (QED) is 0.522. The summed E-state index contributed by atoms with van der Waals surface area (Å²) in [4.78, 5) is 3.23. The highest BCUT2D eigenvalue weighted by Crippen LogP contribution is 2.48. The predicted molar refractivity (Wildman–Crippen MR) is 112 cm³/mol. The van der Waals surface area contributed by atoms with E-state index in [2.05, 4.69) is 25.7 Å². The van der Waals surface area contributed by atoms with Crippen LogP contribution in [-0.4, -0.2) is 23.0 Å². The van der Waals surface area contributed by atoms with Gasteiger partial charge < -0.3 is 0 Å². The summed E-state index contributed by atoms with van der Waals surface area (Å²) in [6.07, 6.45) is 21.1. The zero-order valence-electron chi connectivity index (χ0n) is 18.0. The Balaban J connectivity index is 1.57. The molecular formula is C25H45N. The van der Waals surface area contributed by atoms with E-state index < -0.39 is 0 Å². The van der Waals surface area contributed by atoms with Gasteiger partial charge in [-0.3, -0.25) is 4.90 Å². The molecule has 0 aromatic heterocycles. The van der Waals surface area contributed by atoms with Gasteiger partial charge in [-0.25, -0.2) is 0 Å². The standard InChI is InChI=1S/C25H45N/c1-18-8-14-22(15-9-18)26(23-16-10-19(2)11-17-23)25-20(3)12-13-21-6-4-5-7-24(21)25/h18-25H,4-17H2,1-3H3. The van der Waals surface area contributed by atoms with Gasteiger partial charge in [0.25, 0.3) is 0 Å². The molecule has 0 N–H and O–H groups in total. The largest absolute Gasteiger partial charge is 0.294 e. The zero-order chi connectivity index (χ0) is 18.1. The van der Waals surface area contributed by atoms with Crippen LogP contribution in [-0.2, 0) is 0 Å². The van der Waals surface area contributed by atoms with Crippen molar-refractivity contribution in [1.29, 1.82) is 0 Å². The summed E-state index contributed by atoms with van der Waals surface area (Å²) in [5, 5.41) is 0. The molecule has 1 heteroatoms. The van der Waals surface area contributed by atoms with Crippen molar-refractivity contribution in [3.63, 3.8) is 0 Å². The number of hydrogen-bond acceptors (Lipinski definition) is 1. The zero-order valence-corrected chi connectivity index (χ0v) is 18.0. The minimum atomic E-state index is 0.915. The Kier molecular flexibility index (Phi) is 6.33. The van der Waals surface area contributed by atoms with E-state index in [0.29, 0.717) is 0 Å². The van der Waals surface area contributed by atoms with Gasteiger partial charge in [0.2, 0.25) is 0 Å². The molecule has 0 bridgehead atoms. The summed E-state index contributed by atoms with van der Waals surface area (Å²) in [7, 11) is 0. The Bertz CT molecular complexity index is 407. The molecule has 4 unspecified atom stereocenters. The molecule has 0 aromatic carbocycles. The SMILES string of the molecule is CC1CCC(N(C2CCC(C)CC2)C2C(C)CCC3CCCCC32)CC1. The van der Waals surface area contributed by atoms with Gasteiger partial charge in [0.05, 0.1) is 0 Å². The Labute approximate surface area is 163 Å². The normalized spacial score (nSPS) is 47.5. The molecule has 0 heterocycles. The minimum Gasteiger partial charge on any atom is -0.294 e. The van der Waals surface area contributed by atoms with Crippen molar-refractivity contribution in [3.05, 3.63) is 0 Å². The molecule has 0 amide bonds. The molecule has 4 saturated carbocycles. The molecule has 4 atom stereocenters. The smallest absolute Gasteiger partial charge is 0.0158 e. The molecule has 4 rings (SSSR count). The Morgan fingerprint density at radius 3 is 1.65 bits per heavy atom. The molecule has 0 spiro atoms. The lowest BCUT2D eigenvalue weighted by Crippen LogP contribution is -2.59.